The zero-order chi connectivity index (χ0) is 17.0. The van der Waals surface area contributed by atoms with Crippen LogP contribution in [0.15, 0.2) is 24.3 Å². The van der Waals surface area contributed by atoms with Gasteiger partial charge in [0.1, 0.15) is 0 Å². The number of nitrogens with zero attached hydrogens (tertiary/aromatic N) is 2. The van der Waals surface area contributed by atoms with Gasteiger partial charge in [-0.3, -0.25) is 9.48 Å². The van der Waals surface area contributed by atoms with E-state index in [0.29, 0.717) is 17.1 Å². The van der Waals surface area contributed by atoms with Crippen molar-refractivity contribution in [2.24, 2.45) is 0 Å². The summed E-state index contributed by atoms with van der Waals surface area (Å²) in [6.45, 7) is 7.19. The molecule has 0 radical (unpaired) electrons. The van der Waals surface area contributed by atoms with E-state index in [4.69, 9.17) is 11.6 Å². The summed E-state index contributed by atoms with van der Waals surface area (Å²) in [7, 11) is 0. The number of rotatable bonds is 6. The molecule has 0 fully saturated rings. The molecule has 0 saturated heterocycles. The highest BCUT2D eigenvalue weighted by atomic mass is 35.5. The van der Waals surface area contributed by atoms with Crippen molar-refractivity contribution in [1.29, 1.82) is 0 Å². The van der Waals surface area contributed by atoms with Crippen LogP contribution in [0.25, 0.3) is 0 Å². The van der Waals surface area contributed by atoms with E-state index >= 15 is 0 Å². The van der Waals surface area contributed by atoms with E-state index in [0.717, 1.165) is 29.9 Å². The highest BCUT2D eigenvalue weighted by Crippen LogP contribution is 2.23. The second kappa shape index (κ2) is 7.62. The number of aromatic nitrogens is 2. The predicted molar refractivity (Wildman–Crippen MR) is 90.3 cm³/mol. The number of benzene rings is 1. The molecule has 1 heterocycles. The molecule has 5 nitrogen and oxygen atoms in total. The van der Waals surface area contributed by atoms with Crippen molar-refractivity contribution in [1.82, 2.24) is 15.1 Å². The molecule has 124 valence electrons. The fraction of sp³-hybridized carbons (Fsp3) is 0.412. The summed E-state index contributed by atoms with van der Waals surface area (Å²) in [5.41, 5.74) is 3.32. The Hall–Kier alpha value is -1.85. The number of aliphatic hydroxyl groups excluding tert-OH is 1. The number of amides is 1. The zero-order valence-corrected chi connectivity index (χ0v) is 14.4. The fourth-order valence-electron chi connectivity index (χ4n) is 2.53. The first-order valence-corrected chi connectivity index (χ1v) is 8.06. The molecule has 2 rings (SSSR count). The third-order valence-corrected chi connectivity index (χ3v) is 4.20. The van der Waals surface area contributed by atoms with Gasteiger partial charge in [-0.15, -0.1) is 0 Å². The zero-order valence-electron chi connectivity index (χ0n) is 13.6. The van der Waals surface area contributed by atoms with E-state index in [2.05, 4.69) is 17.3 Å². The maximum absolute atomic E-state index is 12.2. The number of nitrogens with one attached hydrogen (secondary N) is 1. The van der Waals surface area contributed by atoms with Gasteiger partial charge in [0, 0.05) is 34.9 Å². The molecule has 6 heteroatoms. The summed E-state index contributed by atoms with van der Waals surface area (Å²) in [4.78, 5) is 12.2. The minimum Gasteiger partial charge on any atom is -0.378 e. The second-order valence-electron chi connectivity index (χ2n) is 5.51. The summed E-state index contributed by atoms with van der Waals surface area (Å²) in [6, 6.07) is 6.78. The summed E-state index contributed by atoms with van der Waals surface area (Å²) in [5.74, 6) is -0.472. The maximum atomic E-state index is 12.2. The molecule has 23 heavy (non-hydrogen) atoms. The first-order valence-electron chi connectivity index (χ1n) is 7.68. The Kier molecular flexibility index (Phi) is 5.80. The lowest BCUT2D eigenvalue weighted by atomic mass is 10.1. The van der Waals surface area contributed by atoms with Crippen molar-refractivity contribution in [3.05, 3.63) is 51.8 Å². The van der Waals surface area contributed by atoms with Crippen LogP contribution in [0.2, 0.25) is 5.02 Å². The highest BCUT2D eigenvalue weighted by molar-refractivity contribution is 6.31. The van der Waals surface area contributed by atoms with E-state index in [9.17, 15) is 9.90 Å². The molecular weight excluding hydrogens is 314 g/mol. The van der Waals surface area contributed by atoms with Crippen LogP contribution in [0, 0.1) is 13.8 Å². The van der Waals surface area contributed by atoms with Gasteiger partial charge in [-0.05, 0) is 26.3 Å². The Bertz CT molecular complexity index is 697. The van der Waals surface area contributed by atoms with E-state index in [1.807, 2.05) is 18.5 Å². The van der Waals surface area contributed by atoms with Crippen LogP contribution in [0.5, 0.6) is 0 Å². The lowest BCUT2D eigenvalue weighted by molar-refractivity contribution is -0.129. The third kappa shape index (κ3) is 3.92. The van der Waals surface area contributed by atoms with Crippen molar-refractivity contribution < 1.29 is 9.90 Å². The maximum Gasteiger partial charge on any atom is 0.253 e. The van der Waals surface area contributed by atoms with Gasteiger partial charge in [-0.25, -0.2) is 0 Å². The molecule has 1 amide bonds. The van der Waals surface area contributed by atoms with Crippen LogP contribution in [0.1, 0.15) is 42.0 Å². The number of carbonyl (C=O) groups excluding carboxylic acids is 1. The quantitative estimate of drug-likeness (QED) is 0.853. The first kappa shape index (κ1) is 17.5. The molecule has 2 N–H and O–H groups in total. The Morgan fingerprint density at radius 1 is 1.39 bits per heavy atom. The van der Waals surface area contributed by atoms with Crippen molar-refractivity contribution in [3.8, 4) is 0 Å². The topological polar surface area (TPSA) is 67.2 Å². The molecule has 0 bridgehead atoms. The summed E-state index contributed by atoms with van der Waals surface area (Å²) in [5, 5.41) is 17.8. The van der Waals surface area contributed by atoms with Gasteiger partial charge in [0.2, 0.25) is 0 Å². The normalized spacial score (nSPS) is 12.2. The summed E-state index contributed by atoms with van der Waals surface area (Å²) >= 11 is 6.02. The van der Waals surface area contributed by atoms with Crippen LogP contribution in [-0.4, -0.2) is 20.8 Å². The van der Waals surface area contributed by atoms with Crippen LogP contribution in [-0.2, 0) is 17.9 Å². The SMILES string of the molecule is CCCn1nc(C)c(CNC(=O)C(O)c2ccccc2Cl)c1C. The van der Waals surface area contributed by atoms with Crippen LogP contribution >= 0.6 is 11.6 Å². The molecule has 0 aliphatic carbocycles. The van der Waals surface area contributed by atoms with E-state index in [1.54, 1.807) is 24.3 Å². The average molecular weight is 336 g/mol. The monoisotopic (exact) mass is 335 g/mol. The van der Waals surface area contributed by atoms with Crippen LogP contribution in [0.4, 0.5) is 0 Å². The molecule has 1 unspecified atom stereocenters. The molecule has 0 aliphatic heterocycles. The summed E-state index contributed by atoms with van der Waals surface area (Å²) in [6.07, 6.45) is -0.283. The molecule has 0 saturated carbocycles. The van der Waals surface area contributed by atoms with Crippen molar-refractivity contribution >= 4 is 17.5 Å². The highest BCUT2D eigenvalue weighted by Gasteiger charge is 2.20. The minimum absolute atomic E-state index is 0.335. The van der Waals surface area contributed by atoms with Crippen molar-refractivity contribution in [2.75, 3.05) is 0 Å². The van der Waals surface area contributed by atoms with Gasteiger partial charge in [-0.2, -0.15) is 5.10 Å². The lowest BCUT2D eigenvalue weighted by Crippen LogP contribution is -2.29. The minimum atomic E-state index is -1.28. The molecule has 1 aromatic carbocycles. The molecule has 1 atom stereocenters. The Labute approximate surface area is 141 Å². The standard InChI is InChI=1S/C17H22ClN3O2/c1-4-9-21-12(3)14(11(2)20-21)10-19-17(23)16(22)13-7-5-6-8-15(13)18/h5-8,16,22H,4,9-10H2,1-3H3,(H,19,23). The molecular formula is C17H22ClN3O2. The number of aliphatic hydroxyl groups is 1. The van der Waals surface area contributed by atoms with Gasteiger partial charge in [0.05, 0.1) is 5.69 Å². The second-order valence-corrected chi connectivity index (χ2v) is 5.92. The largest absolute Gasteiger partial charge is 0.378 e. The summed E-state index contributed by atoms with van der Waals surface area (Å²) < 4.78 is 1.95. The molecule has 1 aromatic heterocycles. The number of aryl methyl sites for hydroxylation is 2. The lowest BCUT2D eigenvalue weighted by Gasteiger charge is -2.13. The van der Waals surface area contributed by atoms with Crippen LogP contribution in [0.3, 0.4) is 0 Å². The third-order valence-electron chi connectivity index (χ3n) is 3.85. The van der Waals surface area contributed by atoms with E-state index in [1.165, 1.54) is 0 Å². The van der Waals surface area contributed by atoms with Crippen molar-refractivity contribution in [3.63, 3.8) is 0 Å². The Balaban J connectivity index is 2.06. The Morgan fingerprint density at radius 3 is 2.74 bits per heavy atom. The van der Waals surface area contributed by atoms with Gasteiger partial charge in [0.15, 0.2) is 6.10 Å². The molecule has 2 aromatic rings. The number of halogens is 1. The molecule has 0 aliphatic rings. The van der Waals surface area contributed by atoms with Gasteiger partial charge < -0.3 is 10.4 Å². The average Bonchev–Trinajstić information content (AvgIpc) is 2.79. The van der Waals surface area contributed by atoms with Crippen molar-refractivity contribution in [2.45, 2.75) is 46.4 Å². The number of hydrogen-bond donors (Lipinski definition) is 2. The number of hydrogen-bond acceptors (Lipinski definition) is 3. The number of carbonyl (C=O) groups is 1. The smallest absolute Gasteiger partial charge is 0.253 e. The van der Waals surface area contributed by atoms with E-state index in [-0.39, 0.29) is 0 Å². The molecule has 0 spiro atoms. The predicted octanol–water partition coefficient (Wildman–Crippen LogP) is 2.91. The van der Waals surface area contributed by atoms with Crippen LogP contribution < -0.4 is 5.32 Å². The van der Waals surface area contributed by atoms with Gasteiger partial charge >= 0.3 is 0 Å². The Morgan fingerprint density at radius 2 is 2.09 bits per heavy atom. The van der Waals surface area contributed by atoms with Gasteiger partial charge in [0.25, 0.3) is 5.91 Å². The van der Waals surface area contributed by atoms with Gasteiger partial charge in [-0.1, -0.05) is 36.7 Å². The first-order chi connectivity index (χ1) is 11.0. The fourth-order valence-corrected chi connectivity index (χ4v) is 2.77. The van der Waals surface area contributed by atoms with E-state index < -0.39 is 12.0 Å².